The molecule has 2 aromatic carbocycles. The predicted molar refractivity (Wildman–Crippen MR) is 119 cm³/mol. The lowest BCUT2D eigenvalue weighted by molar-refractivity contribution is -0.125. The number of benzene rings is 2. The summed E-state index contributed by atoms with van der Waals surface area (Å²) in [6.07, 6.45) is 1.17. The van der Waals surface area contributed by atoms with E-state index >= 15 is 0 Å². The van der Waals surface area contributed by atoms with E-state index in [-0.39, 0.29) is 30.7 Å². The fraction of sp³-hybridized carbons (Fsp3) is 0.417. The Balaban J connectivity index is 1.54. The van der Waals surface area contributed by atoms with Gasteiger partial charge in [0.15, 0.2) is 11.5 Å². The van der Waals surface area contributed by atoms with Gasteiger partial charge in [0, 0.05) is 12.8 Å². The third-order valence-corrected chi connectivity index (χ3v) is 5.12. The zero-order valence-electron chi connectivity index (χ0n) is 18.3. The molecule has 0 fully saturated rings. The smallest absolute Gasteiger partial charge is 0.227 e. The van der Waals surface area contributed by atoms with E-state index in [1.165, 1.54) is 0 Å². The van der Waals surface area contributed by atoms with Crippen LogP contribution in [0.2, 0.25) is 0 Å². The summed E-state index contributed by atoms with van der Waals surface area (Å²) in [6, 6.07) is 12.9. The minimum atomic E-state index is -0.221. The van der Waals surface area contributed by atoms with Crippen LogP contribution in [0.5, 0.6) is 17.2 Å². The highest BCUT2D eigenvalue weighted by Crippen LogP contribution is 2.32. The monoisotopic (exact) mass is 426 g/mol. The Morgan fingerprint density at radius 2 is 1.97 bits per heavy atom. The number of hydrogen-bond acceptors (Lipinski definition) is 5. The third kappa shape index (κ3) is 5.69. The van der Waals surface area contributed by atoms with Gasteiger partial charge in [-0.2, -0.15) is 0 Å². The molecule has 1 aliphatic heterocycles. The van der Waals surface area contributed by atoms with Crippen molar-refractivity contribution in [2.24, 2.45) is 0 Å². The normalized spacial score (nSPS) is 13.6. The summed E-state index contributed by atoms with van der Waals surface area (Å²) in [5.41, 5.74) is 1.66. The van der Waals surface area contributed by atoms with Gasteiger partial charge in [-0.05, 0) is 43.2 Å². The van der Waals surface area contributed by atoms with Crippen molar-refractivity contribution in [1.82, 2.24) is 5.32 Å². The maximum absolute atomic E-state index is 12.7. The number of methoxy groups -OCH3 is 1. The molecule has 2 amide bonds. The van der Waals surface area contributed by atoms with Crippen molar-refractivity contribution in [3.05, 3.63) is 48.0 Å². The number of hydrogen-bond donors (Lipinski definition) is 1. The molecule has 1 N–H and O–H groups in total. The average Bonchev–Trinajstić information content (AvgIpc) is 2.80. The van der Waals surface area contributed by atoms with Gasteiger partial charge in [-0.15, -0.1) is 0 Å². The number of nitrogens with one attached hydrogen (secondary N) is 1. The van der Waals surface area contributed by atoms with Crippen molar-refractivity contribution >= 4 is 17.5 Å². The standard InChI is InChI=1S/C24H30N2O5/c1-4-14-30-21-10-9-18(16-22(21)29-3)17(2)25-23(27)11-12-24(28)26-13-15-31-20-8-6-5-7-19(20)26/h5-10,16-17H,4,11-15H2,1-3H3,(H,25,27). The number of fused-ring (bicyclic) bond motifs is 1. The Bertz CT molecular complexity index is 915. The van der Waals surface area contributed by atoms with Crippen LogP contribution in [0.3, 0.4) is 0 Å². The fourth-order valence-electron chi connectivity index (χ4n) is 3.47. The highest BCUT2D eigenvalue weighted by atomic mass is 16.5. The quantitative estimate of drug-likeness (QED) is 0.659. The van der Waals surface area contributed by atoms with Crippen LogP contribution in [0, 0.1) is 0 Å². The van der Waals surface area contributed by atoms with E-state index in [0.29, 0.717) is 37.0 Å². The SMILES string of the molecule is CCCOc1ccc(C(C)NC(=O)CCC(=O)N2CCOc3ccccc32)cc1OC. The summed E-state index contributed by atoms with van der Waals surface area (Å²) < 4.78 is 16.7. The van der Waals surface area contributed by atoms with E-state index in [2.05, 4.69) is 5.32 Å². The number of carbonyl (C=O) groups is 2. The van der Waals surface area contributed by atoms with E-state index in [4.69, 9.17) is 14.2 Å². The molecule has 3 rings (SSSR count). The van der Waals surface area contributed by atoms with Gasteiger partial charge < -0.3 is 24.4 Å². The molecule has 0 aliphatic carbocycles. The minimum absolute atomic E-state index is 0.0855. The van der Waals surface area contributed by atoms with Gasteiger partial charge in [-0.3, -0.25) is 9.59 Å². The number of amides is 2. The van der Waals surface area contributed by atoms with Gasteiger partial charge in [-0.1, -0.05) is 25.1 Å². The zero-order valence-corrected chi connectivity index (χ0v) is 18.3. The molecule has 0 bridgehead atoms. The topological polar surface area (TPSA) is 77.1 Å². The van der Waals surface area contributed by atoms with Crippen LogP contribution < -0.4 is 24.4 Å². The average molecular weight is 427 g/mol. The first-order valence-corrected chi connectivity index (χ1v) is 10.7. The first kappa shape index (κ1) is 22.5. The molecule has 0 spiro atoms. The molecule has 0 aromatic heterocycles. The second-order valence-corrected chi connectivity index (χ2v) is 7.41. The number of para-hydroxylation sites is 2. The number of ether oxygens (including phenoxy) is 3. The Hall–Kier alpha value is -3.22. The molecule has 31 heavy (non-hydrogen) atoms. The van der Waals surface area contributed by atoms with Crippen molar-refractivity contribution in [2.45, 2.75) is 39.2 Å². The molecule has 1 heterocycles. The maximum Gasteiger partial charge on any atom is 0.227 e. The summed E-state index contributed by atoms with van der Waals surface area (Å²) in [7, 11) is 1.59. The zero-order chi connectivity index (χ0) is 22.2. The summed E-state index contributed by atoms with van der Waals surface area (Å²) in [5.74, 6) is 1.75. The van der Waals surface area contributed by atoms with E-state index in [1.807, 2.05) is 56.3 Å². The lowest BCUT2D eigenvalue weighted by Crippen LogP contribution is -2.38. The lowest BCUT2D eigenvalue weighted by atomic mass is 10.1. The first-order valence-electron chi connectivity index (χ1n) is 10.7. The summed E-state index contributed by atoms with van der Waals surface area (Å²) in [5, 5.41) is 2.96. The van der Waals surface area contributed by atoms with Gasteiger partial charge >= 0.3 is 0 Å². The first-order chi connectivity index (χ1) is 15.0. The molecule has 2 aromatic rings. The molecule has 7 heteroatoms. The molecule has 7 nitrogen and oxygen atoms in total. The largest absolute Gasteiger partial charge is 0.493 e. The van der Waals surface area contributed by atoms with Gasteiger partial charge in [0.25, 0.3) is 0 Å². The maximum atomic E-state index is 12.7. The van der Waals surface area contributed by atoms with Crippen molar-refractivity contribution in [3.8, 4) is 17.2 Å². The summed E-state index contributed by atoms with van der Waals surface area (Å²) >= 11 is 0. The molecule has 0 saturated carbocycles. The highest BCUT2D eigenvalue weighted by Gasteiger charge is 2.23. The molecular weight excluding hydrogens is 396 g/mol. The van der Waals surface area contributed by atoms with E-state index in [0.717, 1.165) is 17.7 Å². The Labute approximate surface area is 183 Å². The van der Waals surface area contributed by atoms with E-state index < -0.39 is 0 Å². The lowest BCUT2D eigenvalue weighted by Gasteiger charge is -2.29. The Morgan fingerprint density at radius 3 is 2.74 bits per heavy atom. The van der Waals surface area contributed by atoms with Crippen LogP contribution in [-0.4, -0.2) is 38.7 Å². The number of rotatable bonds is 9. The van der Waals surface area contributed by atoms with Crippen LogP contribution in [0.25, 0.3) is 0 Å². The number of carbonyl (C=O) groups excluding carboxylic acids is 2. The molecule has 1 atom stereocenters. The molecule has 1 aliphatic rings. The molecule has 1 unspecified atom stereocenters. The fourth-order valence-corrected chi connectivity index (χ4v) is 3.47. The second-order valence-electron chi connectivity index (χ2n) is 7.41. The molecule has 166 valence electrons. The molecule has 0 radical (unpaired) electrons. The number of nitrogens with zero attached hydrogens (tertiary/aromatic N) is 1. The molecule has 0 saturated heterocycles. The van der Waals surface area contributed by atoms with Crippen LogP contribution in [-0.2, 0) is 9.59 Å². The second kappa shape index (κ2) is 10.7. The van der Waals surface area contributed by atoms with E-state index in [9.17, 15) is 9.59 Å². The van der Waals surface area contributed by atoms with E-state index in [1.54, 1.807) is 12.0 Å². The van der Waals surface area contributed by atoms with Gasteiger partial charge in [0.2, 0.25) is 11.8 Å². The molecular formula is C24H30N2O5. The Morgan fingerprint density at radius 1 is 1.16 bits per heavy atom. The van der Waals surface area contributed by atoms with Gasteiger partial charge in [-0.25, -0.2) is 0 Å². The Kier molecular flexibility index (Phi) is 7.76. The van der Waals surface area contributed by atoms with Crippen molar-refractivity contribution in [2.75, 3.05) is 31.8 Å². The van der Waals surface area contributed by atoms with Crippen LogP contribution in [0.4, 0.5) is 5.69 Å². The van der Waals surface area contributed by atoms with Crippen LogP contribution >= 0.6 is 0 Å². The third-order valence-electron chi connectivity index (χ3n) is 5.12. The van der Waals surface area contributed by atoms with Crippen molar-refractivity contribution < 1.29 is 23.8 Å². The number of anilines is 1. The predicted octanol–water partition coefficient (Wildman–Crippen LogP) is 3.87. The highest BCUT2D eigenvalue weighted by molar-refractivity contribution is 5.97. The van der Waals surface area contributed by atoms with Crippen molar-refractivity contribution in [3.63, 3.8) is 0 Å². The minimum Gasteiger partial charge on any atom is -0.493 e. The van der Waals surface area contributed by atoms with Crippen LogP contribution in [0.1, 0.15) is 44.7 Å². The summed E-state index contributed by atoms with van der Waals surface area (Å²) in [4.78, 5) is 26.8. The van der Waals surface area contributed by atoms with Gasteiger partial charge in [0.05, 0.1) is 32.0 Å². The van der Waals surface area contributed by atoms with Crippen LogP contribution in [0.15, 0.2) is 42.5 Å². The van der Waals surface area contributed by atoms with Gasteiger partial charge in [0.1, 0.15) is 12.4 Å². The van der Waals surface area contributed by atoms with Crippen molar-refractivity contribution in [1.29, 1.82) is 0 Å². The summed E-state index contributed by atoms with van der Waals surface area (Å²) in [6.45, 7) is 5.50.